The molecule has 4 amide bonds. The highest BCUT2D eigenvalue weighted by molar-refractivity contribution is 5.94. The van der Waals surface area contributed by atoms with Gasteiger partial charge in [0, 0.05) is 26.1 Å². The molecule has 0 radical (unpaired) electrons. The molecule has 1 saturated heterocycles. The van der Waals surface area contributed by atoms with E-state index in [1.54, 1.807) is 30.9 Å². The fourth-order valence-electron chi connectivity index (χ4n) is 6.88. The minimum atomic E-state index is -1.34. The second-order valence-electron chi connectivity index (χ2n) is 15.2. The Hall–Kier alpha value is -4.16. The number of carbonyl (C=O) groups excluding carboxylic acids is 6. The number of hydrogen-bond donors (Lipinski definition) is 2. The molecule has 2 aliphatic rings. The average molecular weight is 743 g/mol. The van der Waals surface area contributed by atoms with Crippen LogP contribution in [-0.4, -0.2) is 96.0 Å². The van der Waals surface area contributed by atoms with Gasteiger partial charge in [-0.2, -0.15) is 0 Å². The zero-order valence-corrected chi connectivity index (χ0v) is 32.5. The standard InChI is InChI=1S/C40H62N4O9/c1-6-43(35(46)20-14-19-29-21-23-44(24-22-29)39(50)53-40(3,4)5)27-34(45)41-32(26-36(47)52-28-31-17-12-9-13-18-31)37(48)42-33(38(49)51-7-2)25-30-15-10-8-11-16-30/h9,12-13,17-18,29-30,32-33H,6-8,10-11,14-16,19-28H2,1-5H3,(H,41,45)(H,42,48)/t32-,33-/m0/s1. The Bertz CT molecular complexity index is 1340. The number of hydrogen-bond acceptors (Lipinski definition) is 9. The van der Waals surface area contributed by atoms with Crippen LogP contribution in [0.5, 0.6) is 0 Å². The monoisotopic (exact) mass is 742 g/mol. The van der Waals surface area contributed by atoms with Crippen molar-refractivity contribution in [1.82, 2.24) is 20.4 Å². The molecule has 1 heterocycles. The lowest BCUT2D eigenvalue weighted by atomic mass is 9.84. The van der Waals surface area contributed by atoms with Crippen molar-refractivity contribution in [3.05, 3.63) is 35.9 Å². The highest BCUT2D eigenvalue weighted by Gasteiger charge is 2.32. The van der Waals surface area contributed by atoms with Gasteiger partial charge < -0.3 is 34.6 Å². The van der Waals surface area contributed by atoms with Crippen molar-refractivity contribution in [2.24, 2.45) is 11.8 Å². The Morgan fingerprint density at radius 1 is 0.868 bits per heavy atom. The highest BCUT2D eigenvalue weighted by atomic mass is 16.6. The molecule has 1 aromatic rings. The van der Waals surface area contributed by atoms with E-state index in [-0.39, 0.29) is 50.6 Å². The lowest BCUT2D eigenvalue weighted by Crippen LogP contribution is -2.54. The second-order valence-corrected chi connectivity index (χ2v) is 15.2. The minimum Gasteiger partial charge on any atom is -0.464 e. The quantitative estimate of drug-likeness (QED) is 0.151. The number of amides is 4. The number of rotatable bonds is 18. The summed E-state index contributed by atoms with van der Waals surface area (Å²) in [5.41, 5.74) is 0.225. The number of esters is 2. The molecule has 13 heteroatoms. The summed E-state index contributed by atoms with van der Waals surface area (Å²) in [5.74, 6) is -2.11. The SMILES string of the molecule is CCOC(=O)[C@H](CC1CCCCC1)NC(=O)[C@H](CC(=O)OCc1ccccc1)NC(=O)CN(CC)C(=O)CCCC1CCN(C(=O)OC(C)(C)C)CC1. The summed E-state index contributed by atoms with van der Waals surface area (Å²) in [6.07, 6.45) is 8.19. The van der Waals surface area contributed by atoms with Crippen LogP contribution in [0.2, 0.25) is 0 Å². The number of piperidine rings is 1. The predicted molar refractivity (Wildman–Crippen MR) is 199 cm³/mol. The largest absolute Gasteiger partial charge is 0.464 e. The van der Waals surface area contributed by atoms with Crippen molar-refractivity contribution in [3.8, 4) is 0 Å². The van der Waals surface area contributed by atoms with Gasteiger partial charge in [0.2, 0.25) is 17.7 Å². The average Bonchev–Trinajstić information content (AvgIpc) is 3.12. The van der Waals surface area contributed by atoms with Crippen LogP contribution in [-0.2, 0) is 44.8 Å². The summed E-state index contributed by atoms with van der Waals surface area (Å²) in [6.45, 7) is 10.4. The molecular formula is C40H62N4O9. The van der Waals surface area contributed by atoms with Crippen molar-refractivity contribution in [2.75, 3.05) is 32.8 Å². The first kappa shape index (κ1) is 43.2. The number of likely N-dealkylation sites (N-methyl/N-ethyl adjacent to an activating group) is 1. The molecule has 0 aromatic heterocycles. The van der Waals surface area contributed by atoms with Gasteiger partial charge in [0.15, 0.2) is 0 Å². The van der Waals surface area contributed by atoms with Crippen molar-refractivity contribution >= 4 is 35.8 Å². The molecule has 1 aliphatic carbocycles. The smallest absolute Gasteiger partial charge is 0.410 e. The number of benzene rings is 1. The van der Waals surface area contributed by atoms with Gasteiger partial charge in [-0.15, -0.1) is 0 Å². The van der Waals surface area contributed by atoms with Crippen molar-refractivity contribution in [3.63, 3.8) is 0 Å². The third kappa shape index (κ3) is 16.2. The van der Waals surface area contributed by atoms with E-state index in [1.165, 1.54) is 4.90 Å². The van der Waals surface area contributed by atoms with Gasteiger partial charge in [0.05, 0.1) is 19.6 Å². The molecule has 296 valence electrons. The maximum atomic E-state index is 13.7. The number of ether oxygens (including phenoxy) is 3. The Balaban J connectivity index is 1.57. The Labute approximate surface area is 315 Å². The van der Waals surface area contributed by atoms with Gasteiger partial charge in [0.1, 0.15) is 24.3 Å². The van der Waals surface area contributed by atoms with Gasteiger partial charge in [-0.25, -0.2) is 9.59 Å². The highest BCUT2D eigenvalue weighted by Crippen LogP contribution is 2.28. The number of carbonyl (C=O) groups is 6. The van der Waals surface area contributed by atoms with Crippen LogP contribution in [0.4, 0.5) is 4.79 Å². The summed E-state index contributed by atoms with van der Waals surface area (Å²) in [6, 6.07) is 6.83. The molecule has 1 aromatic carbocycles. The van der Waals surface area contributed by atoms with E-state index in [2.05, 4.69) is 10.6 Å². The Morgan fingerprint density at radius 3 is 2.17 bits per heavy atom. The summed E-state index contributed by atoms with van der Waals surface area (Å²) in [4.78, 5) is 81.7. The summed E-state index contributed by atoms with van der Waals surface area (Å²) in [7, 11) is 0. The Kier molecular flexibility index (Phi) is 18.1. The summed E-state index contributed by atoms with van der Waals surface area (Å²) < 4.78 is 16.2. The fraction of sp³-hybridized carbons (Fsp3) is 0.700. The summed E-state index contributed by atoms with van der Waals surface area (Å²) >= 11 is 0. The molecule has 0 unspecified atom stereocenters. The summed E-state index contributed by atoms with van der Waals surface area (Å²) in [5, 5.41) is 5.40. The second kappa shape index (κ2) is 22.1. The molecule has 2 atom stereocenters. The number of nitrogens with one attached hydrogen (secondary N) is 2. The van der Waals surface area contributed by atoms with E-state index in [0.717, 1.165) is 56.9 Å². The number of likely N-dealkylation sites (tertiary alicyclic amines) is 1. The maximum absolute atomic E-state index is 13.7. The lowest BCUT2D eigenvalue weighted by Gasteiger charge is -2.33. The van der Waals surface area contributed by atoms with Crippen molar-refractivity contribution in [1.29, 1.82) is 0 Å². The zero-order valence-electron chi connectivity index (χ0n) is 32.5. The third-order valence-electron chi connectivity index (χ3n) is 9.78. The van der Waals surface area contributed by atoms with Crippen LogP contribution < -0.4 is 10.6 Å². The minimum absolute atomic E-state index is 0.00391. The fourth-order valence-corrected chi connectivity index (χ4v) is 6.88. The van der Waals surface area contributed by atoms with E-state index in [1.807, 2.05) is 39.0 Å². The molecule has 0 spiro atoms. The van der Waals surface area contributed by atoms with Gasteiger partial charge in [-0.05, 0) is 84.1 Å². The molecule has 0 bridgehead atoms. The van der Waals surface area contributed by atoms with Gasteiger partial charge >= 0.3 is 18.0 Å². The Morgan fingerprint density at radius 2 is 1.55 bits per heavy atom. The van der Waals surface area contributed by atoms with Crippen LogP contribution in [0, 0.1) is 11.8 Å². The molecule has 53 heavy (non-hydrogen) atoms. The third-order valence-corrected chi connectivity index (χ3v) is 9.78. The molecule has 2 fully saturated rings. The first-order valence-electron chi connectivity index (χ1n) is 19.5. The number of nitrogens with zero attached hydrogens (tertiary/aromatic N) is 2. The lowest BCUT2D eigenvalue weighted by molar-refractivity contribution is -0.149. The van der Waals surface area contributed by atoms with Crippen molar-refractivity contribution < 1.29 is 43.0 Å². The molecule has 3 rings (SSSR count). The van der Waals surface area contributed by atoms with Crippen LogP contribution in [0.1, 0.15) is 117 Å². The van der Waals surface area contributed by atoms with Gasteiger partial charge in [-0.1, -0.05) is 62.4 Å². The normalized spacial score (nSPS) is 16.5. The van der Waals surface area contributed by atoms with E-state index in [9.17, 15) is 28.8 Å². The zero-order chi connectivity index (χ0) is 38.8. The van der Waals surface area contributed by atoms with Crippen LogP contribution in [0.3, 0.4) is 0 Å². The van der Waals surface area contributed by atoms with Crippen LogP contribution in [0.15, 0.2) is 30.3 Å². The first-order chi connectivity index (χ1) is 25.3. The van der Waals surface area contributed by atoms with Crippen LogP contribution >= 0.6 is 0 Å². The van der Waals surface area contributed by atoms with E-state index >= 15 is 0 Å². The van der Waals surface area contributed by atoms with Crippen molar-refractivity contribution in [2.45, 2.75) is 136 Å². The first-order valence-corrected chi connectivity index (χ1v) is 19.5. The van der Waals surface area contributed by atoms with E-state index in [4.69, 9.17) is 14.2 Å². The predicted octanol–water partition coefficient (Wildman–Crippen LogP) is 5.29. The molecule has 13 nitrogen and oxygen atoms in total. The topological polar surface area (TPSA) is 161 Å². The molecule has 1 aliphatic heterocycles. The molecule has 2 N–H and O–H groups in total. The maximum Gasteiger partial charge on any atom is 0.410 e. The van der Waals surface area contributed by atoms with Gasteiger partial charge in [0.25, 0.3) is 0 Å². The molecular weight excluding hydrogens is 680 g/mol. The van der Waals surface area contributed by atoms with E-state index < -0.39 is 47.9 Å². The van der Waals surface area contributed by atoms with Gasteiger partial charge in [-0.3, -0.25) is 19.2 Å². The van der Waals surface area contributed by atoms with Crippen LogP contribution in [0.25, 0.3) is 0 Å². The van der Waals surface area contributed by atoms with E-state index in [0.29, 0.717) is 31.8 Å². The molecule has 1 saturated carbocycles.